The summed E-state index contributed by atoms with van der Waals surface area (Å²) in [6.45, 7) is 2.45. The van der Waals surface area contributed by atoms with E-state index in [-0.39, 0.29) is 5.91 Å². The molecule has 1 heterocycles. The maximum atomic E-state index is 12.4. The van der Waals surface area contributed by atoms with Crippen LogP contribution in [0.1, 0.15) is 21.5 Å². The third-order valence-corrected chi connectivity index (χ3v) is 4.85. The van der Waals surface area contributed by atoms with Crippen molar-refractivity contribution in [3.63, 3.8) is 0 Å². The smallest absolute Gasteiger partial charge is 0.251 e. The number of rotatable bonds is 6. The van der Waals surface area contributed by atoms with Crippen LogP contribution in [0.2, 0.25) is 5.02 Å². The lowest BCUT2D eigenvalue weighted by Gasteiger charge is -2.11. The Kier molecular flexibility index (Phi) is 6.15. The summed E-state index contributed by atoms with van der Waals surface area (Å²) >= 11 is 7.38. The zero-order valence-corrected chi connectivity index (χ0v) is 15.8. The van der Waals surface area contributed by atoms with Crippen LogP contribution in [-0.4, -0.2) is 10.9 Å². The highest BCUT2D eigenvalue weighted by molar-refractivity contribution is 8.00. The van der Waals surface area contributed by atoms with Crippen molar-refractivity contribution < 1.29 is 4.79 Å². The van der Waals surface area contributed by atoms with Gasteiger partial charge in [-0.05, 0) is 72.5 Å². The monoisotopic (exact) mass is 383 g/mol. The number of nitrogens with one attached hydrogen (secondary N) is 2. The molecule has 1 amide bonds. The lowest BCUT2D eigenvalue weighted by Crippen LogP contribution is -2.22. The number of hydrogen-bond donors (Lipinski definition) is 2. The van der Waals surface area contributed by atoms with E-state index in [2.05, 4.69) is 15.0 Å². The number of halogens is 1. The normalized spacial score (nSPS) is 10.4. The molecule has 132 valence electrons. The lowest BCUT2D eigenvalue weighted by molar-refractivity contribution is 0.0951. The molecule has 4 nitrogen and oxygen atoms in total. The van der Waals surface area contributed by atoms with Crippen molar-refractivity contribution in [1.29, 1.82) is 0 Å². The first-order valence-corrected chi connectivity index (χ1v) is 9.27. The van der Waals surface area contributed by atoms with Crippen molar-refractivity contribution in [2.45, 2.75) is 18.4 Å². The fraction of sp³-hybridized carbons (Fsp3) is 0.100. The molecule has 0 fully saturated rings. The molecule has 26 heavy (non-hydrogen) atoms. The van der Waals surface area contributed by atoms with E-state index >= 15 is 0 Å². The third kappa shape index (κ3) is 5.00. The van der Waals surface area contributed by atoms with Gasteiger partial charge in [0.1, 0.15) is 0 Å². The van der Waals surface area contributed by atoms with Gasteiger partial charge in [-0.15, -0.1) is 0 Å². The van der Waals surface area contributed by atoms with Crippen LogP contribution in [0.25, 0.3) is 0 Å². The molecule has 2 N–H and O–H groups in total. The first-order valence-electron chi connectivity index (χ1n) is 8.08. The summed E-state index contributed by atoms with van der Waals surface area (Å²) in [6, 6.07) is 17.0. The number of nitrogens with zero attached hydrogens (tertiary/aromatic N) is 1. The van der Waals surface area contributed by atoms with Crippen molar-refractivity contribution in [3.8, 4) is 0 Å². The summed E-state index contributed by atoms with van der Waals surface area (Å²) in [4.78, 5) is 17.5. The number of benzene rings is 2. The molecule has 2 aromatic carbocycles. The maximum Gasteiger partial charge on any atom is 0.251 e. The molecule has 6 heteroatoms. The lowest BCUT2D eigenvalue weighted by atomic mass is 10.1. The van der Waals surface area contributed by atoms with Crippen LogP contribution in [0.15, 0.2) is 71.9 Å². The van der Waals surface area contributed by atoms with E-state index in [0.29, 0.717) is 17.1 Å². The minimum absolute atomic E-state index is 0.117. The van der Waals surface area contributed by atoms with E-state index in [9.17, 15) is 4.79 Å². The summed E-state index contributed by atoms with van der Waals surface area (Å²) in [5, 5.41) is 3.62. The fourth-order valence-electron chi connectivity index (χ4n) is 2.28. The van der Waals surface area contributed by atoms with Crippen molar-refractivity contribution in [2.24, 2.45) is 0 Å². The summed E-state index contributed by atoms with van der Waals surface area (Å²) in [6.07, 6.45) is 3.45. The first kappa shape index (κ1) is 18.3. The van der Waals surface area contributed by atoms with Gasteiger partial charge in [-0.1, -0.05) is 23.7 Å². The molecule has 0 aliphatic heterocycles. The van der Waals surface area contributed by atoms with E-state index in [1.807, 2.05) is 61.5 Å². The van der Waals surface area contributed by atoms with Crippen LogP contribution in [0, 0.1) is 6.92 Å². The Hall–Kier alpha value is -2.50. The number of anilines is 1. The zero-order chi connectivity index (χ0) is 18.4. The van der Waals surface area contributed by atoms with Crippen LogP contribution in [0.3, 0.4) is 0 Å². The molecule has 0 saturated carbocycles. The molecule has 0 aliphatic carbocycles. The van der Waals surface area contributed by atoms with Crippen LogP contribution in [0.4, 0.5) is 5.69 Å². The highest BCUT2D eigenvalue weighted by Gasteiger charge is 2.08. The van der Waals surface area contributed by atoms with Gasteiger partial charge >= 0.3 is 0 Å². The molecule has 3 aromatic rings. The Balaban J connectivity index is 1.64. The van der Waals surface area contributed by atoms with E-state index in [4.69, 9.17) is 11.6 Å². The number of amides is 1. The topological polar surface area (TPSA) is 54.0 Å². The summed E-state index contributed by atoms with van der Waals surface area (Å²) in [5.41, 5.74) is 3.54. The average molecular weight is 384 g/mol. The highest BCUT2D eigenvalue weighted by atomic mass is 35.5. The molecule has 0 unspecified atom stereocenters. The molecular weight excluding hydrogens is 366 g/mol. The van der Waals surface area contributed by atoms with Gasteiger partial charge in [-0.25, -0.2) is 0 Å². The second-order valence-electron chi connectivity index (χ2n) is 5.73. The first-order chi connectivity index (χ1) is 12.6. The quantitative estimate of drug-likeness (QED) is 0.582. The third-order valence-electron chi connectivity index (χ3n) is 3.77. The fourth-order valence-corrected chi connectivity index (χ4v) is 3.12. The van der Waals surface area contributed by atoms with Gasteiger partial charge in [0.25, 0.3) is 5.91 Å². The van der Waals surface area contributed by atoms with Crippen LogP contribution in [-0.2, 0) is 6.54 Å². The summed E-state index contributed by atoms with van der Waals surface area (Å²) in [5.74, 6) is -0.117. The summed E-state index contributed by atoms with van der Waals surface area (Å²) in [7, 11) is 0. The number of aromatic nitrogens is 1. The Labute approximate surface area is 162 Å². The molecule has 3 rings (SSSR count). The van der Waals surface area contributed by atoms with E-state index < -0.39 is 0 Å². The van der Waals surface area contributed by atoms with Gasteiger partial charge < -0.3 is 10.0 Å². The Morgan fingerprint density at radius 2 is 1.96 bits per heavy atom. The van der Waals surface area contributed by atoms with Gasteiger partial charge in [0, 0.05) is 40.1 Å². The van der Waals surface area contributed by atoms with E-state index in [0.717, 1.165) is 21.7 Å². The van der Waals surface area contributed by atoms with Gasteiger partial charge in [-0.3, -0.25) is 9.78 Å². The number of carbonyl (C=O) groups is 1. The predicted octanol–water partition coefficient (Wildman–Crippen LogP) is 5.09. The largest absolute Gasteiger partial charge is 0.348 e. The molecule has 0 bridgehead atoms. The summed E-state index contributed by atoms with van der Waals surface area (Å²) < 4.78 is 3.30. The molecule has 1 aromatic heterocycles. The van der Waals surface area contributed by atoms with Crippen molar-refractivity contribution in [3.05, 3.63) is 88.7 Å². The molecule has 0 radical (unpaired) electrons. The second kappa shape index (κ2) is 8.74. The van der Waals surface area contributed by atoms with Gasteiger partial charge in [0.2, 0.25) is 0 Å². The average Bonchev–Trinajstić information content (AvgIpc) is 2.67. The SMILES string of the molecule is Cc1ccc(C(=O)NCc2cccnc2)cc1NSc1ccc(Cl)cc1. The van der Waals surface area contributed by atoms with Crippen molar-refractivity contribution in [2.75, 3.05) is 4.72 Å². The van der Waals surface area contributed by atoms with E-state index in [1.165, 1.54) is 11.9 Å². The van der Waals surface area contributed by atoms with Crippen LogP contribution >= 0.6 is 23.5 Å². The van der Waals surface area contributed by atoms with Crippen LogP contribution in [0.5, 0.6) is 0 Å². The number of aryl methyl sites for hydroxylation is 1. The maximum absolute atomic E-state index is 12.4. The number of hydrogen-bond acceptors (Lipinski definition) is 4. The molecule has 0 atom stereocenters. The van der Waals surface area contributed by atoms with Crippen molar-refractivity contribution >= 4 is 35.1 Å². The molecule has 0 saturated heterocycles. The Bertz CT molecular complexity index is 885. The highest BCUT2D eigenvalue weighted by Crippen LogP contribution is 2.25. The van der Waals surface area contributed by atoms with Crippen molar-refractivity contribution in [1.82, 2.24) is 10.3 Å². The Morgan fingerprint density at radius 3 is 2.69 bits per heavy atom. The molecular formula is C20H18ClN3OS. The minimum Gasteiger partial charge on any atom is -0.348 e. The Morgan fingerprint density at radius 1 is 1.15 bits per heavy atom. The number of pyridine rings is 1. The van der Waals surface area contributed by atoms with Gasteiger partial charge in [0.05, 0.1) is 0 Å². The number of carbonyl (C=O) groups excluding carboxylic acids is 1. The molecule has 0 aliphatic rings. The van der Waals surface area contributed by atoms with E-state index in [1.54, 1.807) is 12.4 Å². The standard InChI is InChI=1S/C20H18ClN3OS/c1-14-4-5-16(20(25)23-13-15-3-2-10-22-12-15)11-19(14)24-26-18-8-6-17(21)7-9-18/h2-12,24H,13H2,1H3,(H,23,25). The minimum atomic E-state index is -0.117. The zero-order valence-electron chi connectivity index (χ0n) is 14.2. The molecule has 0 spiro atoms. The van der Waals surface area contributed by atoms with Gasteiger partial charge in [-0.2, -0.15) is 0 Å². The van der Waals surface area contributed by atoms with Crippen LogP contribution < -0.4 is 10.0 Å². The van der Waals surface area contributed by atoms with Gasteiger partial charge in [0.15, 0.2) is 0 Å². The predicted molar refractivity (Wildman–Crippen MR) is 108 cm³/mol. The second-order valence-corrected chi connectivity index (χ2v) is 7.05.